The summed E-state index contributed by atoms with van der Waals surface area (Å²) in [5.74, 6) is -2.00. The highest BCUT2D eigenvalue weighted by Crippen LogP contribution is 2.38. The summed E-state index contributed by atoms with van der Waals surface area (Å²) in [5.41, 5.74) is 5.74. The van der Waals surface area contributed by atoms with E-state index in [-0.39, 0.29) is 42.6 Å². The summed E-state index contributed by atoms with van der Waals surface area (Å²) >= 11 is 0. The van der Waals surface area contributed by atoms with Gasteiger partial charge in [-0.2, -0.15) is 0 Å². The van der Waals surface area contributed by atoms with Crippen LogP contribution in [0.25, 0.3) is 0 Å². The summed E-state index contributed by atoms with van der Waals surface area (Å²) < 4.78 is 31.1. The number of halogens is 3. The molecule has 0 heterocycles. The highest BCUT2D eigenvalue weighted by molar-refractivity contribution is 5.85. The lowest BCUT2D eigenvalue weighted by atomic mass is 9.71. The monoisotopic (exact) mass is 392 g/mol. The molecule has 26 heavy (non-hydrogen) atoms. The molecule has 0 saturated heterocycles. The highest BCUT2D eigenvalue weighted by atomic mass is 35.5. The molecule has 5 nitrogen and oxygen atoms in total. The fourth-order valence-electron chi connectivity index (χ4n) is 3.21. The Kier molecular flexibility index (Phi) is 9.25. The largest absolute Gasteiger partial charge is 0.491 e. The Morgan fingerprint density at radius 2 is 1.96 bits per heavy atom. The van der Waals surface area contributed by atoms with E-state index in [9.17, 15) is 18.7 Å². The van der Waals surface area contributed by atoms with Crippen LogP contribution in [0.5, 0.6) is 5.75 Å². The van der Waals surface area contributed by atoms with Gasteiger partial charge in [-0.3, -0.25) is 4.79 Å². The first-order valence-electron chi connectivity index (χ1n) is 8.67. The van der Waals surface area contributed by atoms with Gasteiger partial charge in [0.1, 0.15) is 18.5 Å². The maximum absolute atomic E-state index is 13.1. The van der Waals surface area contributed by atoms with E-state index in [1.54, 1.807) is 0 Å². The van der Waals surface area contributed by atoms with Crippen molar-refractivity contribution >= 4 is 18.3 Å². The zero-order valence-corrected chi connectivity index (χ0v) is 15.5. The van der Waals surface area contributed by atoms with Crippen molar-refractivity contribution in [3.05, 3.63) is 29.8 Å². The fourth-order valence-corrected chi connectivity index (χ4v) is 3.21. The number of aliphatic hydroxyl groups excluding tert-OH is 1. The summed E-state index contributed by atoms with van der Waals surface area (Å²) in [4.78, 5) is 12.1. The molecule has 1 aromatic rings. The minimum Gasteiger partial charge on any atom is -0.491 e. The van der Waals surface area contributed by atoms with Crippen LogP contribution in [0.1, 0.15) is 38.5 Å². The highest BCUT2D eigenvalue weighted by Gasteiger charge is 2.32. The third-order valence-electron chi connectivity index (χ3n) is 4.75. The molecule has 148 valence electrons. The van der Waals surface area contributed by atoms with E-state index in [4.69, 9.17) is 10.5 Å². The SMILES string of the molecule is Cl.NCC1(CC(=O)NCC(O)COc2ccc(F)c(F)c2)CCCCC1. The predicted octanol–water partition coefficient (Wildman–Crippen LogP) is 2.54. The van der Waals surface area contributed by atoms with Crippen LogP contribution in [0, 0.1) is 17.0 Å². The van der Waals surface area contributed by atoms with E-state index in [0.29, 0.717) is 13.0 Å². The number of nitrogens with two attached hydrogens (primary N) is 1. The number of benzene rings is 1. The fraction of sp³-hybridized carbons (Fsp3) is 0.611. The summed E-state index contributed by atoms with van der Waals surface area (Å²) in [5, 5.41) is 12.6. The first kappa shape index (κ1) is 22.6. The zero-order valence-electron chi connectivity index (χ0n) is 14.7. The third-order valence-corrected chi connectivity index (χ3v) is 4.75. The first-order valence-corrected chi connectivity index (χ1v) is 8.67. The number of hydrogen-bond donors (Lipinski definition) is 3. The molecule has 1 amide bonds. The molecule has 1 saturated carbocycles. The van der Waals surface area contributed by atoms with Gasteiger partial charge < -0.3 is 20.9 Å². The molecule has 1 aromatic carbocycles. The molecule has 1 unspecified atom stereocenters. The van der Waals surface area contributed by atoms with Crippen molar-refractivity contribution in [1.82, 2.24) is 5.32 Å². The lowest BCUT2D eigenvalue weighted by molar-refractivity contribution is -0.124. The average molecular weight is 393 g/mol. The van der Waals surface area contributed by atoms with E-state index in [1.807, 2.05) is 0 Å². The molecule has 0 aliphatic heterocycles. The normalized spacial score (nSPS) is 17.1. The van der Waals surface area contributed by atoms with Crippen LogP contribution in [-0.2, 0) is 4.79 Å². The van der Waals surface area contributed by atoms with Crippen LogP contribution in [0.15, 0.2) is 18.2 Å². The van der Waals surface area contributed by atoms with Crippen molar-refractivity contribution in [2.75, 3.05) is 19.7 Å². The Bertz CT molecular complexity index is 584. The first-order chi connectivity index (χ1) is 11.9. The van der Waals surface area contributed by atoms with Crippen LogP contribution < -0.4 is 15.8 Å². The number of carbonyl (C=O) groups excluding carboxylic acids is 1. The van der Waals surface area contributed by atoms with E-state index >= 15 is 0 Å². The number of aliphatic hydroxyl groups is 1. The number of hydrogen-bond acceptors (Lipinski definition) is 4. The Morgan fingerprint density at radius 1 is 1.27 bits per heavy atom. The van der Waals surface area contributed by atoms with Gasteiger partial charge in [-0.05, 0) is 36.9 Å². The van der Waals surface area contributed by atoms with E-state index in [1.165, 1.54) is 12.5 Å². The van der Waals surface area contributed by atoms with Crippen LogP contribution in [0.2, 0.25) is 0 Å². The second-order valence-corrected chi connectivity index (χ2v) is 6.79. The minimum absolute atomic E-state index is 0. The summed E-state index contributed by atoms with van der Waals surface area (Å²) in [6.07, 6.45) is 4.70. The molecule has 1 fully saturated rings. The Morgan fingerprint density at radius 3 is 2.58 bits per heavy atom. The minimum atomic E-state index is -1.01. The van der Waals surface area contributed by atoms with Gasteiger partial charge >= 0.3 is 0 Å². The van der Waals surface area contributed by atoms with Gasteiger partial charge in [0.2, 0.25) is 5.91 Å². The molecular formula is C18H27ClF2N2O3. The summed E-state index contributed by atoms with van der Waals surface area (Å²) in [6.45, 7) is 0.388. The quantitative estimate of drug-likeness (QED) is 0.634. The molecule has 1 aliphatic rings. The van der Waals surface area contributed by atoms with Crippen molar-refractivity contribution < 1.29 is 23.4 Å². The van der Waals surface area contributed by atoms with Gasteiger partial charge in [-0.1, -0.05) is 19.3 Å². The molecule has 2 rings (SSSR count). The second kappa shape index (κ2) is 10.6. The third kappa shape index (κ3) is 6.70. The molecule has 0 spiro atoms. The topological polar surface area (TPSA) is 84.6 Å². The van der Waals surface area contributed by atoms with Gasteiger partial charge in [0.15, 0.2) is 11.6 Å². The lowest BCUT2D eigenvalue weighted by Gasteiger charge is -2.35. The molecule has 8 heteroatoms. The number of nitrogens with one attached hydrogen (secondary N) is 1. The average Bonchev–Trinajstić information content (AvgIpc) is 2.61. The molecule has 1 aliphatic carbocycles. The van der Waals surface area contributed by atoms with Gasteiger partial charge in [0, 0.05) is 19.0 Å². The number of ether oxygens (including phenoxy) is 1. The predicted molar refractivity (Wildman–Crippen MR) is 97.3 cm³/mol. The maximum atomic E-state index is 13.1. The Hall–Kier alpha value is -1.44. The standard InChI is InChI=1S/C18H26F2N2O3.ClH/c19-15-5-4-14(8-16(15)20)25-11-13(23)10-22-17(24)9-18(12-21)6-2-1-3-7-18;/h4-5,8,13,23H,1-3,6-7,9-12,21H2,(H,22,24);1H. The molecule has 0 aromatic heterocycles. The number of amides is 1. The van der Waals surface area contributed by atoms with Crippen molar-refractivity contribution in [3.8, 4) is 5.75 Å². The molecule has 4 N–H and O–H groups in total. The van der Waals surface area contributed by atoms with E-state index < -0.39 is 17.7 Å². The lowest BCUT2D eigenvalue weighted by Crippen LogP contribution is -2.41. The zero-order chi connectivity index (χ0) is 18.3. The van der Waals surface area contributed by atoms with Gasteiger partial charge in [0.25, 0.3) is 0 Å². The number of rotatable bonds is 8. The van der Waals surface area contributed by atoms with E-state index in [0.717, 1.165) is 37.8 Å². The van der Waals surface area contributed by atoms with Crippen molar-refractivity contribution in [3.63, 3.8) is 0 Å². The van der Waals surface area contributed by atoms with Gasteiger partial charge in [0.05, 0.1) is 0 Å². The smallest absolute Gasteiger partial charge is 0.220 e. The molecule has 0 bridgehead atoms. The van der Waals surface area contributed by atoms with Crippen LogP contribution in [0.3, 0.4) is 0 Å². The van der Waals surface area contributed by atoms with Gasteiger partial charge in [-0.15, -0.1) is 12.4 Å². The molecule has 0 radical (unpaired) electrons. The summed E-state index contributed by atoms with van der Waals surface area (Å²) in [7, 11) is 0. The number of carbonyl (C=O) groups is 1. The van der Waals surface area contributed by atoms with Crippen LogP contribution in [-0.4, -0.2) is 36.8 Å². The van der Waals surface area contributed by atoms with Crippen LogP contribution >= 0.6 is 12.4 Å². The Balaban J connectivity index is 0.00000338. The maximum Gasteiger partial charge on any atom is 0.220 e. The second-order valence-electron chi connectivity index (χ2n) is 6.79. The molecular weight excluding hydrogens is 366 g/mol. The van der Waals surface area contributed by atoms with Crippen molar-refractivity contribution in [1.29, 1.82) is 0 Å². The van der Waals surface area contributed by atoms with E-state index in [2.05, 4.69) is 5.32 Å². The van der Waals surface area contributed by atoms with Crippen molar-refractivity contribution in [2.45, 2.75) is 44.6 Å². The van der Waals surface area contributed by atoms with Gasteiger partial charge in [-0.25, -0.2) is 8.78 Å². The Labute approximate surface area is 158 Å². The van der Waals surface area contributed by atoms with Crippen LogP contribution in [0.4, 0.5) is 8.78 Å². The van der Waals surface area contributed by atoms with Crippen molar-refractivity contribution in [2.24, 2.45) is 11.1 Å². The molecule has 1 atom stereocenters. The summed E-state index contributed by atoms with van der Waals surface area (Å²) in [6, 6.07) is 3.14.